The Morgan fingerprint density at radius 3 is 2.62 bits per heavy atom. The lowest BCUT2D eigenvalue weighted by Crippen LogP contribution is -2.32. The molecular weight excluding hydrogens is 322 g/mol. The Balaban J connectivity index is 1.84. The minimum atomic E-state index is -0.0787. The van der Waals surface area contributed by atoms with Gasteiger partial charge in [-0.25, -0.2) is 0 Å². The smallest absolute Gasteiger partial charge is 0.252 e. The number of carbonyl (C=O) groups is 2. The molecule has 0 spiro atoms. The quantitative estimate of drug-likeness (QED) is 0.530. The number of amides is 2. The molecule has 2 rings (SSSR count). The van der Waals surface area contributed by atoms with Crippen molar-refractivity contribution >= 4 is 23.6 Å². The highest BCUT2D eigenvalue weighted by molar-refractivity contribution is 8.00. The van der Waals surface area contributed by atoms with E-state index in [1.165, 1.54) is 11.8 Å². The Kier molecular flexibility index (Phi) is 8.12. The van der Waals surface area contributed by atoms with Crippen LogP contribution in [0.1, 0.15) is 36.5 Å². The summed E-state index contributed by atoms with van der Waals surface area (Å²) in [4.78, 5) is 27.3. The highest BCUT2D eigenvalue weighted by Crippen LogP contribution is 2.23. The van der Waals surface area contributed by atoms with Crippen LogP contribution in [0.25, 0.3) is 0 Å². The highest BCUT2D eigenvalue weighted by Gasteiger charge is 2.19. The van der Waals surface area contributed by atoms with Gasteiger partial charge in [0.25, 0.3) is 5.91 Å². The van der Waals surface area contributed by atoms with Gasteiger partial charge in [-0.3, -0.25) is 9.59 Å². The van der Waals surface area contributed by atoms with Gasteiger partial charge in [0.1, 0.15) is 0 Å². The van der Waals surface area contributed by atoms with Crippen LogP contribution < -0.4 is 10.6 Å². The summed E-state index contributed by atoms with van der Waals surface area (Å²) in [6.45, 7) is 6.18. The molecule has 1 aliphatic heterocycles. The van der Waals surface area contributed by atoms with Crippen LogP contribution in [0, 0.1) is 0 Å². The molecule has 6 heteroatoms. The van der Waals surface area contributed by atoms with Gasteiger partial charge in [0, 0.05) is 31.1 Å². The predicted octanol–water partition coefficient (Wildman–Crippen LogP) is 2.13. The summed E-state index contributed by atoms with van der Waals surface area (Å²) in [7, 11) is 0. The van der Waals surface area contributed by atoms with Crippen LogP contribution in [0.15, 0.2) is 29.2 Å². The Morgan fingerprint density at radius 1 is 1.12 bits per heavy atom. The molecule has 0 aliphatic carbocycles. The van der Waals surface area contributed by atoms with Gasteiger partial charge in [-0.1, -0.05) is 19.1 Å². The molecule has 0 saturated carbocycles. The van der Waals surface area contributed by atoms with Gasteiger partial charge in [0.05, 0.1) is 11.3 Å². The maximum atomic E-state index is 12.4. The number of hydrogen-bond donors (Lipinski definition) is 2. The predicted molar refractivity (Wildman–Crippen MR) is 98.5 cm³/mol. The third kappa shape index (κ3) is 5.83. The second-order valence-corrected chi connectivity index (χ2v) is 6.90. The van der Waals surface area contributed by atoms with E-state index in [1.54, 1.807) is 0 Å². The highest BCUT2D eigenvalue weighted by atomic mass is 32.2. The maximum Gasteiger partial charge on any atom is 0.252 e. The van der Waals surface area contributed by atoms with E-state index in [1.807, 2.05) is 29.2 Å². The molecule has 24 heavy (non-hydrogen) atoms. The first-order valence-corrected chi connectivity index (χ1v) is 9.69. The number of nitrogens with zero attached hydrogens (tertiary/aromatic N) is 1. The summed E-state index contributed by atoms with van der Waals surface area (Å²) in [6, 6.07) is 7.49. The summed E-state index contributed by atoms with van der Waals surface area (Å²) < 4.78 is 0. The Bertz CT molecular complexity index is 545. The normalized spacial score (nSPS) is 14.0. The van der Waals surface area contributed by atoms with Crippen molar-refractivity contribution in [2.45, 2.75) is 31.1 Å². The molecule has 1 heterocycles. The first-order valence-electron chi connectivity index (χ1n) is 8.71. The number of likely N-dealkylation sites (tertiary alicyclic amines) is 1. The van der Waals surface area contributed by atoms with E-state index in [4.69, 9.17) is 0 Å². The van der Waals surface area contributed by atoms with Gasteiger partial charge >= 0.3 is 0 Å². The monoisotopic (exact) mass is 349 g/mol. The summed E-state index contributed by atoms with van der Waals surface area (Å²) in [5, 5.41) is 6.19. The van der Waals surface area contributed by atoms with Gasteiger partial charge < -0.3 is 15.5 Å². The second kappa shape index (κ2) is 10.4. The minimum absolute atomic E-state index is 0.0787. The zero-order valence-corrected chi connectivity index (χ0v) is 15.2. The first kappa shape index (κ1) is 18.8. The number of carbonyl (C=O) groups excluding carboxylic acids is 2. The van der Waals surface area contributed by atoms with E-state index >= 15 is 0 Å². The number of nitrogens with one attached hydrogen (secondary N) is 2. The van der Waals surface area contributed by atoms with Crippen LogP contribution in [-0.4, -0.2) is 55.2 Å². The van der Waals surface area contributed by atoms with Crippen LogP contribution in [0.2, 0.25) is 0 Å². The van der Waals surface area contributed by atoms with E-state index in [-0.39, 0.29) is 11.8 Å². The third-order valence-electron chi connectivity index (χ3n) is 3.96. The lowest BCUT2D eigenvalue weighted by molar-refractivity contribution is -0.127. The van der Waals surface area contributed by atoms with Gasteiger partial charge in [-0.05, 0) is 37.9 Å². The van der Waals surface area contributed by atoms with Crippen molar-refractivity contribution in [1.82, 2.24) is 15.5 Å². The van der Waals surface area contributed by atoms with Crippen molar-refractivity contribution < 1.29 is 9.59 Å². The molecule has 1 aromatic rings. The SMILES string of the molecule is CCCNCCNC(=O)c1ccccc1SCC(=O)N1CCCC1. The number of rotatable bonds is 9. The molecule has 1 aromatic carbocycles. The molecule has 2 N–H and O–H groups in total. The fourth-order valence-corrected chi connectivity index (χ4v) is 3.59. The molecule has 1 fully saturated rings. The summed E-state index contributed by atoms with van der Waals surface area (Å²) in [5.41, 5.74) is 0.646. The molecule has 132 valence electrons. The molecule has 1 aliphatic rings. The van der Waals surface area contributed by atoms with E-state index < -0.39 is 0 Å². The molecule has 1 saturated heterocycles. The molecule has 0 radical (unpaired) electrons. The van der Waals surface area contributed by atoms with Crippen LogP contribution >= 0.6 is 11.8 Å². The summed E-state index contributed by atoms with van der Waals surface area (Å²) in [6.07, 6.45) is 3.28. The third-order valence-corrected chi connectivity index (χ3v) is 5.01. The second-order valence-electron chi connectivity index (χ2n) is 5.88. The standard InChI is InChI=1S/C18H27N3O2S/c1-2-9-19-10-11-20-18(23)15-7-3-4-8-16(15)24-14-17(22)21-12-5-6-13-21/h3-4,7-8,19H,2,5-6,9-14H2,1H3,(H,20,23). The van der Waals surface area contributed by atoms with E-state index in [2.05, 4.69) is 17.6 Å². The van der Waals surface area contributed by atoms with Crippen molar-refractivity contribution in [3.63, 3.8) is 0 Å². The van der Waals surface area contributed by atoms with Crippen LogP contribution in [0.5, 0.6) is 0 Å². The van der Waals surface area contributed by atoms with Crippen molar-refractivity contribution in [1.29, 1.82) is 0 Å². The molecule has 0 unspecified atom stereocenters. The Morgan fingerprint density at radius 2 is 1.88 bits per heavy atom. The number of hydrogen-bond acceptors (Lipinski definition) is 4. The summed E-state index contributed by atoms with van der Waals surface area (Å²) >= 11 is 1.45. The average Bonchev–Trinajstić information content (AvgIpc) is 3.14. The topological polar surface area (TPSA) is 61.4 Å². The van der Waals surface area contributed by atoms with Crippen LogP contribution in [0.3, 0.4) is 0 Å². The van der Waals surface area contributed by atoms with Gasteiger partial charge in [0.2, 0.25) is 5.91 Å². The largest absolute Gasteiger partial charge is 0.351 e. The average molecular weight is 350 g/mol. The van der Waals surface area contributed by atoms with Crippen molar-refractivity contribution in [2.24, 2.45) is 0 Å². The van der Waals surface area contributed by atoms with Crippen LogP contribution in [-0.2, 0) is 4.79 Å². The fraction of sp³-hybridized carbons (Fsp3) is 0.556. The van der Waals surface area contributed by atoms with Gasteiger partial charge in [-0.2, -0.15) is 0 Å². The zero-order chi connectivity index (χ0) is 17.2. The lowest BCUT2D eigenvalue weighted by Gasteiger charge is -2.15. The first-order chi connectivity index (χ1) is 11.7. The molecule has 5 nitrogen and oxygen atoms in total. The number of thioether (sulfide) groups is 1. The Labute approximate surface area is 148 Å². The van der Waals surface area contributed by atoms with E-state index in [0.717, 1.165) is 50.3 Å². The minimum Gasteiger partial charge on any atom is -0.351 e. The van der Waals surface area contributed by atoms with Crippen molar-refractivity contribution in [2.75, 3.05) is 38.5 Å². The number of benzene rings is 1. The molecule has 0 atom stereocenters. The Hall–Kier alpha value is -1.53. The van der Waals surface area contributed by atoms with E-state index in [0.29, 0.717) is 17.9 Å². The molecule has 0 bridgehead atoms. The maximum absolute atomic E-state index is 12.4. The van der Waals surface area contributed by atoms with Gasteiger partial charge in [0.15, 0.2) is 0 Å². The van der Waals surface area contributed by atoms with E-state index in [9.17, 15) is 9.59 Å². The zero-order valence-electron chi connectivity index (χ0n) is 14.3. The van der Waals surface area contributed by atoms with Gasteiger partial charge in [-0.15, -0.1) is 11.8 Å². The molecule has 2 amide bonds. The fourth-order valence-electron chi connectivity index (χ4n) is 2.64. The molecular formula is C18H27N3O2S. The summed E-state index contributed by atoms with van der Waals surface area (Å²) in [5.74, 6) is 0.476. The van der Waals surface area contributed by atoms with Crippen LogP contribution in [0.4, 0.5) is 0 Å². The van der Waals surface area contributed by atoms with Crippen molar-refractivity contribution in [3.05, 3.63) is 29.8 Å². The molecule has 0 aromatic heterocycles. The lowest BCUT2D eigenvalue weighted by atomic mass is 10.2. The van der Waals surface area contributed by atoms with Crippen molar-refractivity contribution in [3.8, 4) is 0 Å².